The smallest absolute Gasteiger partial charge is 0.394 e. The van der Waals surface area contributed by atoms with Gasteiger partial charge in [0.05, 0.1) is 49.6 Å². The molecule has 3 unspecified atom stereocenters. The largest absolute Gasteiger partial charge is 1.00 e. The fourth-order valence-corrected chi connectivity index (χ4v) is 4.14. The molecule has 0 aromatic heterocycles. The van der Waals surface area contributed by atoms with Crippen molar-refractivity contribution >= 4 is 106 Å². The predicted octanol–water partition coefficient (Wildman–Crippen LogP) is -9.87. The van der Waals surface area contributed by atoms with Crippen molar-refractivity contribution in [2.75, 3.05) is 48.6 Å². The second kappa shape index (κ2) is 43.9. The minimum atomic E-state index is -5.94. The van der Waals surface area contributed by atoms with Gasteiger partial charge in [0.1, 0.15) is 32.7 Å². The third-order valence-electron chi connectivity index (χ3n) is 1.80. The van der Waals surface area contributed by atoms with Crippen LogP contribution in [0.3, 0.4) is 0 Å². The van der Waals surface area contributed by atoms with Gasteiger partial charge in [0.15, 0.2) is 0 Å². The molecule has 0 aliphatic rings. The number of hydrogen-bond acceptors (Lipinski definition) is 17. The summed E-state index contributed by atoms with van der Waals surface area (Å²) < 4.78 is 34.5. The molecule has 0 bridgehead atoms. The van der Waals surface area contributed by atoms with Crippen LogP contribution in [0.15, 0.2) is 0 Å². The van der Waals surface area contributed by atoms with E-state index >= 15 is 0 Å². The van der Waals surface area contributed by atoms with Crippen molar-refractivity contribution in [1.82, 2.24) is 0 Å². The zero-order valence-corrected chi connectivity index (χ0v) is 30.5. The molecule has 3 atom stereocenters. The fraction of sp³-hybridized carbons (Fsp3) is 0.846. The molecule has 0 radical (unpaired) electrons. The molecule has 0 aliphatic carbocycles. The molecule has 0 aliphatic heterocycles. The molecular weight excluding hydrogens is 912 g/mol. The predicted molar refractivity (Wildman–Crippen MR) is 143 cm³/mol. The van der Waals surface area contributed by atoms with E-state index in [0.717, 1.165) is 12.6 Å². The first-order valence-electron chi connectivity index (χ1n) is 8.03. The van der Waals surface area contributed by atoms with E-state index in [9.17, 15) is 9.59 Å². The van der Waals surface area contributed by atoms with Crippen molar-refractivity contribution in [2.45, 2.75) is 18.3 Å². The zero-order chi connectivity index (χ0) is 27.1. The SMILES string of the molecule is II.O=CCSSCC=O.OCC(O)CS.OCC(O)CSSCC(O)CO.[Na+].[O-][I+3]([O-])([O-])[O-]. The van der Waals surface area contributed by atoms with Gasteiger partial charge >= 0.3 is 29.6 Å². The minimum Gasteiger partial charge on any atom is -0.394 e. The molecule has 0 fully saturated rings. The molecule has 0 heterocycles. The van der Waals surface area contributed by atoms with Crippen LogP contribution in [0.5, 0.6) is 0 Å². The number of thiol groups is 1. The summed E-state index contributed by atoms with van der Waals surface area (Å²) in [7, 11) is 5.52. The summed E-state index contributed by atoms with van der Waals surface area (Å²) in [6.07, 6.45) is -0.402. The Morgan fingerprint density at radius 3 is 1.15 bits per heavy atom. The van der Waals surface area contributed by atoms with Gasteiger partial charge in [-0.25, -0.2) is 0 Å². The number of hydrogen-bond donors (Lipinski definition) is 7. The molecule has 34 heavy (non-hydrogen) atoms. The van der Waals surface area contributed by atoms with E-state index in [1.54, 1.807) is 0 Å². The number of carbonyl (C=O) groups is 2. The van der Waals surface area contributed by atoms with E-state index in [4.69, 9.17) is 44.4 Å². The van der Waals surface area contributed by atoms with Gasteiger partial charge in [-0.05, 0) is 0 Å². The number of aldehydes is 2. The van der Waals surface area contributed by atoms with Gasteiger partial charge in [0, 0.05) is 54.5 Å². The van der Waals surface area contributed by atoms with Crippen molar-refractivity contribution in [3.63, 3.8) is 0 Å². The standard InChI is InChI=1S/C6H14O4S2.C4H6O2S2.C3H8O2S.I2.IO4.Na/c7-1-5(9)3-11-12-4-6(10)2-8;5-1-3-7-8-4-2-6;4-1-3(5)2-6;1-2;2-1(3,4)5;/h5-10H,1-4H2;1-2H,3-4H2;3-6H,1-2H2;;;/q;;;;-1;+1. The van der Waals surface area contributed by atoms with Crippen molar-refractivity contribution in [3.8, 4) is 0 Å². The topological polar surface area (TPSA) is 248 Å². The van der Waals surface area contributed by atoms with Crippen LogP contribution in [-0.4, -0.2) is 110 Å². The van der Waals surface area contributed by atoms with Gasteiger partial charge in [0.25, 0.3) is 0 Å². The molecule has 0 rings (SSSR count). The summed E-state index contributed by atoms with van der Waals surface area (Å²) in [6, 6.07) is 0. The summed E-state index contributed by atoms with van der Waals surface area (Å²) >= 11 is 1.99. The Labute approximate surface area is 272 Å². The van der Waals surface area contributed by atoms with Crippen molar-refractivity contribution in [3.05, 3.63) is 0 Å². The van der Waals surface area contributed by atoms with Gasteiger partial charge in [-0.2, -0.15) is 12.6 Å². The Morgan fingerprint density at radius 1 is 0.735 bits per heavy atom. The third kappa shape index (κ3) is 76.5. The van der Waals surface area contributed by atoms with E-state index in [1.807, 2.05) is 0 Å². The normalized spacial score (nSPS) is 12.1. The van der Waals surface area contributed by atoms with Crippen molar-refractivity contribution in [1.29, 1.82) is 0 Å². The van der Waals surface area contributed by atoms with Crippen LogP contribution >= 0.6 is 93.0 Å². The summed E-state index contributed by atoms with van der Waals surface area (Å²) in [5.74, 6) is 2.13. The van der Waals surface area contributed by atoms with Crippen LogP contribution in [0.1, 0.15) is 0 Å². The van der Waals surface area contributed by atoms with E-state index in [2.05, 4.69) is 49.9 Å². The summed E-state index contributed by atoms with van der Waals surface area (Å²) in [5, 5.41) is 51.0. The van der Waals surface area contributed by atoms with Gasteiger partial charge < -0.3 is 40.2 Å². The molecule has 0 aromatic rings. The second-order valence-electron chi connectivity index (χ2n) is 4.54. The van der Waals surface area contributed by atoms with Crippen molar-refractivity contribution < 1.29 is 104 Å². The Balaban J connectivity index is -0.0000000782. The fourth-order valence-electron chi connectivity index (χ4n) is 0.568. The Morgan fingerprint density at radius 2 is 1.00 bits per heavy atom. The monoisotopic (exact) mass is 940 g/mol. The molecule has 204 valence electrons. The Kier molecular flexibility index (Phi) is 65.5. The molecule has 0 saturated carbocycles. The first-order valence-corrected chi connectivity index (χ1v) is 23.4. The number of carbonyl (C=O) groups excluding carboxylic acids is 2. The number of aliphatic hydroxyl groups excluding tert-OH is 6. The van der Waals surface area contributed by atoms with Crippen LogP contribution in [0.2, 0.25) is 0 Å². The molecular formula is C13H28I3NaO12S5. The van der Waals surface area contributed by atoms with Gasteiger partial charge in [-0.1, -0.05) is 43.2 Å². The molecule has 6 N–H and O–H groups in total. The summed E-state index contributed by atoms with van der Waals surface area (Å²) in [5.41, 5.74) is 0. The first-order chi connectivity index (χ1) is 15.4. The molecule has 0 spiro atoms. The van der Waals surface area contributed by atoms with E-state index < -0.39 is 38.4 Å². The number of halogens is 3. The van der Waals surface area contributed by atoms with Crippen molar-refractivity contribution in [2.24, 2.45) is 0 Å². The van der Waals surface area contributed by atoms with Gasteiger partial charge in [0.2, 0.25) is 0 Å². The minimum absolute atomic E-state index is 0. The van der Waals surface area contributed by atoms with E-state index in [-0.39, 0.29) is 49.4 Å². The zero-order valence-electron chi connectivity index (χ0n) is 17.9. The third-order valence-corrected chi connectivity index (χ3v) is 6.78. The molecule has 0 amide bonds. The van der Waals surface area contributed by atoms with Crippen LogP contribution in [0, 0.1) is 0 Å². The van der Waals surface area contributed by atoms with Crippen LogP contribution in [0.25, 0.3) is 0 Å². The maximum atomic E-state index is 9.65. The Hall–Kier alpha value is 3.88. The molecule has 21 heteroatoms. The van der Waals surface area contributed by atoms with E-state index in [1.165, 1.54) is 43.2 Å². The van der Waals surface area contributed by atoms with Gasteiger partial charge in [-0.15, -0.1) is 0 Å². The number of aliphatic hydroxyl groups is 6. The number of rotatable bonds is 14. The van der Waals surface area contributed by atoms with Crippen LogP contribution in [0.4, 0.5) is 0 Å². The average Bonchev–Trinajstić information content (AvgIpc) is 2.79. The quantitative estimate of drug-likeness (QED) is 0.0214. The molecule has 0 aromatic carbocycles. The molecule has 12 nitrogen and oxygen atoms in total. The molecule has 0 saturated heterocycles. The van der Waals surface area contributed by atoms with Gasteiger partial charge in [-0.3, -0.25) is 13.7 Å². The Bertz CT molecular complexity index is 353. The summed E-state index contributed by atoms with van der Waals surface area (Å²) in [6.45, 7) is -0.671. The van der Waals surface area contributed by atoms with Crippen LogP contribution in [-0.2, 0) is 9.59 Å². The maximum Gasteiger partial charge on any atom is 1.00 e. The van der Waals surface area contributed by atoms with Crippen LogP contribution < -0.4 is 63.4 Å². The first kappa shape index (κ1) is 50.7. The summed E-state index contributed by atoms with van der Waals surface area (Å²) in [4.78, 5) is 19.3. The second-order valence-corrected chi connectivity index (χ2v) is 12.2. The maximum absolute atomic E-state index is 9.65. The average molecular weight is 940 g/mol. The van der Waals surface area contributed by atoms with E-state index in [0.29, 0.717) is 28.8 Å².